The van der Waals surface area contributed by atoms with E-state index in [0.29, 0.717) is 0 Å². The summed E-state index contributed by atoms with van der Waals surface area (Å²) in [6, 6.07) is 9.24. The van der Waals surface area contributed by atoms with Gasteiger partial charge < -0.3 is 14.2 Å². The minimum Gasteiger partial charge on any atom is -0.467 e. The number of amides is 1. The molecule has 2 fully saturated rings. The number of hydrogen-bond donors (Lipinski definition) is 0. The van der Waals surface area contributed by atoms with E-state index in [-0.39, 0.29) is 19.6 Å². The van der Waals surface area contributed by atoms with Gasteiger partial charge in [-0.05, 0) is 12.5 Å². The van der Waals surface area contributed by atoms with Crippen LogP contribution in [-0.4, -0.2) is 48.2 Å². The Bertz CT molecular complexity index is 786. The zero-order chi connectivity index (χ0) is 20.7. The third-order valence-electron chi connectivity index (χ3n) is 5.48. The maximum atomic E-state index is 13.4. The van der Waals surface area contributed by atoms with Crippen molar-refractivity contribution in [3.05, 3.63) is 35.9 Å². The first-order chi connectivity index (χ1) is 13.1. The van der Waals surface area contributed by atoms with Gasteiger partial charge in [-0.2, -0.15) is 0 Å². The van der Waals surface area contributed by atoms with Gasteiger partial charge in [0.25, 0.3) is 0 Å². The molecule has 3 atom stereocenters. The summed E-state index contributed by atoms with van der Waals surface area (Å²) < 4.78 is 16.3. The van der Waals surface area contributed by atoms with E-state index in [9.17, 15) is 14.4 Å². The van der Waals surface area contributed by atoms with Gasteiger partial charge in [0.05, 0.1) is 13.7 Å². The quantitative estimate of drug-likeness (QED) is 0.580. The van der Waals surface area contributed by atoms with Crippen LogP contribution in [-0.2, 0) is 35.2 Å². The fraction of sp³-hybridized carbons (Fsp3) is 0.571. The molecule has 0 saturated carbocycles. The van der Waals surface area contributed by atoms with Crippen molar-refractivity contribution < 1.29 is 28.6 Å². The highest BCUT2D eigenvalue weighted by molar-refractivity contribution is 6.08. The SMILES string of the molecule is COC(=O)[C@@]12CO[C@@H](C(C)(C)C)N1C(=O)[C@](C)(C(=O)OCc1ccccc1)C2. The average molecular weight is 389 g/mol. The number of esters is 2. The third-order valence-corrected chi connectivity index (χ3v) is 5.48. The molecule has 0 bridgehead atoms. The molecule has 152 valence electrons. The summed E-state index contributed by atoms with van der Waals surface area (Å²) in [5.74, 6) is -1.69. The minimum atomic E-state index is -1.48. The molecule has 1 aromatic rings. The highest BCUT2D eigenvalue weighted by Crippen LogP contribution is 2.51. The maximum Gasteiger partial charge on any atom is 0.334 e. The van der Waals surface area contributed by atoms with Crippen molar-refractivity contribution in [2.24, 2.45) is 10.8 Å². The zero-order valence-corrected chi connectivity index (χ0v) is 17.0. The van der Waals surface area contributed by atoms with Crippen molar-refractivity contribution in [2.45, 2.75) is 52.5 Å². The first-order valence-corrected chi connectivity index (χ1v) is 9.31. The second kappa shape index (κ2) is 6.88. The number of rotatable bonds is 4. The molecule has 0 unspecified atom stereocenters. The summed E-state index contributed by atoms with van der Waals surface area (Å²) in [6.45, 7) is 7.35. The molecular formula is C21H27NO6. The number of ether oxygens (including phenoxy) is 3. The number of fused-ring (bicyclic) bond motifs is 1. The molecule has 2 heterocycles. The Morgan fingerprint density at radius 1 is 1.21 bits per heavy atom. The molecule has 2 saturated heterocycles. The van der Waals surface area contributed by atoms with Gasteiger partial charge in [-0.3, -0.25) is 14.5 Å². The molecule has 2 aliphatic heterocycles. The highest BCUT2D eigenvalue weighted by atomic mass is 16.6. The number of benzene rings is 1. The van der Waals surface area contributed by atoms with E-state index >= 15 is 0 Å². The molecule has 0 aromatic heterocycles. The van der Waals surface area contributed by atoms with Gasteiger partial charge in [-0.25, -0.2) is 4.79 Å². The van der Waals surface area contributed by atoms with Gasteiger partial charge in [0, 0.05) is 11.8 Å². The number of carbonyl (C=O) groups excluding carboxylic acids is 3. The molecule has 0 aliphatic carbocycles. The lowest BCUT2D eigenvalue weighted by molar-refractivity contribution is -0.166. The topological polar surface area (TPSA) is 82.1 Å². The van der Waals surface area contributed by atoms with Gasteiger partial charge in [0.2, 0.25) is 5.91 Å². The fourth-order valence-corrected chi connectivity index (χ4v) is 4.05. The van der Waals surface area contributed by atoms with E-state index in [1.54, 1.807) is 0 Å². The van der Waals surface area contributed by atoms with Crippen molar-refractivity contribution in [3.8, 4) is 0 Å². The smallest absolute Gasteiger partial charge is 0.334 e. The molecule has 7 heteroatoms. The van der Waals surface area contributed by atoms with Crippen LogP contribution < -0.4 is 0 Å². The Balaban J connectivity index is 1.89. The second-order valence-electron chi connectivity index (χ2n) is 8.80. The Labute approximate surface area is 164 Å². The van der Waals surface area contributed by atoms with E-state index in [4.69, 9.17) is 14.2 Å². The molecule has 2 aliphatic rings. The van der Waals surface area contributed by atoms with Crippen LogP contribution >= 0.6 is 0 Å². The Morgan fingerprint density at radius 2 is 1.86 bits per heavy atom. The van der Waals surface area contributed by atoms with Gasteiger partial charge in [-0.1, -0.05) is 51.1 Å². The summed E-state index contributed by atoms with van der Waals surface area (Å²) in [7, 11) is 1.27. The van der Waals surface area contributed by atoms with E-state index in [2.05, 4.69) is 0 Å². The van der Waals surface area contributed by atoms with Crippen molar-refractivity contribution in [1.82, 2.24) is 4.90 Å². The average Bonchev–Trinajstić information content (AvgIpc) is 3.15. The molecule has 7 nitrogen and oxygen atoms in total. The Kier molecular flexibility index (Phi) is 5.00. The highest BCUT2D eigenvalue weighted by Gasteiger charge is 2.71. The number of hydrogen-bond acceptors (Lipinski definition) is 6. The maximum absolute atomic E-state index is 13.4. The second-order valence-corrected chi connectivity index (χ2v) is 8.80. The molecule has 1 amide bonds. The number of nitrogens with zero attached hydrogens (tertiary/aromatic N) is 1. The molecule has 0 radical (unpaired) electrons. The standard InChI is InChI=1S/C21H27NO6/c1-19(2,3)16-22-15(23)20(4,12-21(22,13-28-16)18(25)26-5)17(24)27-11-14-9-7-6-8-10-14/h6-10,16H,11-13H2,1-5H3/t16-,20+,21+/m0/s1. The van der Waals surface area contributed by atoms with Crippen molar-refractivity contribution in [1.29, 1.82) is 0 Å². The lowest BCUT2D eigenvalue weighted by Crippen LogP contribution is -2.55. The van der Waals surface area contributed by atoms with Crippen LogP contribution in [0.3, 0.4) is 0 Å². The molecule has 0 spiro atoms. The summed E-state index contributed by atoms with van der Waals surface area (Å²) in [6.07, 6.45) is -0.672. The molecule has 28 heavy (non-hydrogen) atoms. The lowest BCUT2D eigenvalue weighted by Gasteiger charge is -2.36. The van der Waals surface area contributed by atoms with Crippen LogP contribution in [0.25, 0.3) is 0 Å². The van der Waals surface area contributed by atoms with Crippen LogP contribution in [0, 0.1) is 10.8 Å². The predicted octanol–water partition coefficient (Wildman–Crippen LogP) is 2.28. The third kappa shape index (κ3) is 3.07. The van der Waals surface area contributed by atoms with E-state index in [0.717, 1.165) is 5.56 Å². The number of carbonyl (C=O) groups is 3. The van der Waals surface area contributed by atoms with E-state index in [1.807, 2.05) is 51.1 Å². The Morgan fingerprint density at radius 3 is 2.43 bits per heavy atom. The van der Waals surface area contributed by atoms with E-state index in [1.165, 1.54) is 18.9 Å². The first-order valence-electron chi connectivity index (χ1n) is 9.31. The van der Waals surface area contributed by atoms with Crippen LogP contribution in [0.15, 0.2) is 30.3 Å². The van der Waals surface area contributed by atoms with Crippen molar-refractivity contribution in [2.75, 3.05) is 13.7 Å². The van der Waals surface area contributed by atoms with Gasteiger partial charge >= 0.3 is 11.9 Å². The van der Waals surface area contributed by atoms with Gasteiger partial charge in [0.1, 0.15) is 18.2 Å². The zero-order valence-electron chi connectivity index (χ0n) is 17.0. The lowest BCUT2D eigenvalue weighted by atomic mass is 9.82. The summed E-state index contributed by atoms with van der Waals surface area (Å²) in [4.78, 5) is 40.4. The fourth-order valence-electron chi connectivity index (χ4n) is 4.05. The normalized spacial score (nSPS) is 29.5. The monoisotopic (exact) mass is 389 g/mol. The first kappa shape index (κ1) is 20.3. The largest absolute Gasteiger partial charge is 0.467 e. The van der Waals surface area contributed by atoms with Gasteiger partial charge in [-0.15, -0.1) is 0 Å². The van der Waals surface area contributed by atoms with Crippen LogP contribution in [0.1, 0.15) is 39.7 Å². The summed E-state index contributed by atoms with van der Waals surface area (Å²) >= 11 is 0. The van der Waals surface area contributed by atoms with E-state index < -0.39 is 40.4 Å². The molecule has 3 rings (SSSR count). The van der Waals surface area contributed by atoms with Crippen LogP contribution in [0.2, 0.25) is 0 Å². The van der Waals surface area contributed by atoms with Crippen LogP contribution in [0.5, 0.6) is 0 Å². The molecule has 0 N–H and O–H groups in total. The Hall–Kier alpha value is -2.41. The summed E-state index contributed by atoms with van der Waals surface area (Å²) in [5.41, 5.74) is -2.41. The van der Waals surface area contributed by atoms with Crippen LogP contribution in [0.4, 0.5) is 0 Å². The van der Waals surface area contributed by atoms with Gasteiger partial charge in [0.15, 0.2) is 5.54 Å². The molecule has 1 aromatic carbocycles. The summed E-state index contributed by atoms with van der Waals surface area (Å²) in [5, 5.41) is 0. The molecular weight excluding hydrogens is 362 g/mol. The predicted molar refractivity (Wildman–Crippen MR) is 99.8 cm³/mol. The minimum absolute atomic E-state index is 0.00505. The van der Waals surface area contributed by atoms with Crippen molar-refractivity contribution in [3.63, 3.8) is 0 Å². The number of methoxy groups -OCH3 is 1. The van der Waals surface area contributed by atoms with Crippen molar-refractivity contribution >= 4 is 17.8 Å².